The molecule has 7 heteroatoms. The maximum atomic E-state index is 12.1. The maximum Gasteiger partial charge on any atom is 0.225 e. The molecule has 5 nitrogen and oxygen atoms in total. The van der Waals surface area contributed by atoms with Crippen LogP contribution in [0.5, 0.6) is 0 Å². The zero-order valence-corrected chi connectivity index (χ0v) is 16.5. The number of carbonyl (C=O) groups is 1. The van der Waals surface area contributed by atoms with Gasteiger partial charge in [-0.3, -0.25) is 9.79 Å². The third kappa shape index (κ3) is 5.51. The summed E-state index contributed by atoms with van der Waals surface area (Å²) in [6.45, 7) is 6.05. The van der Waals surface area contributed by atoms with E-state index in [-0.39, 0.29) is 17.9 Å². The molecular weight excluding hydrogens is 359 g/mol. The molecule has 1 fully saturated rings. The first-order valence-corrected chi connectivity index (χ1v) is 9.36. The monoisotopic (exact) mass is 384 g/mol. The van der Waals surface area contributed by atoms with Crippen molar-refractivity contribution in [3.05, 3.63) is 33.8 Å². The second-order valence-electron chi connectivity index (χ2n) is 6.52. The van der Waals surface area contributed by atoms with Crippen LogP contribution in [-0.2, 0) is 11.2 Å². The number of halogens is 2. The summed E-state index contributed by atoms with van der Waals surface area (Å²) in [4.78, 5) is 18.2. The van der Waals surface area contributed by atoms with E-state index in [0.717, 1.165) is 24.5 Å². The standard InChI is InChI=1S/C18H26Cl2N4O/c1-12(2)17(25)24-10-8-13(11-24)23-18(21-3)22-9-7-14-15(19)5-4-6-16(14)20/h4-6,12-13H,7-11H2,1-3H3,(H2,21,22,23). The molecule has 138 valence electrons. The average molecular weight is 385 g/mol. The van der Waals surface area contributed by atoms with Gasteiger partial charge in [-0.2, -0.15) is 0 Å². The highest BCUT2D eigenvalue weighted by Gasteiger charge is 2.27. The van der Waals surface area contributed by atoms with E-state index in [4.69, 9.17) is 23.2 Å². The van der Waals surface area contributed by atoms with Crippen molar-refractivity contribution in [1.29, 1.82) is 0 Å². The van der Waals surface area contributed by atoms with Gasteiger partial charge >= 0.3 is 0 Å². The summed E-state index contributed by atoms with van der Waals surface area (Å²) in [5, 5.41) is 8.02. The molecule has 0 saturated carbocycles. The van der Waals surface area contributed by atoms with Gasteiger partial charge in [0.25, 0.3) is 0 Å². The Bertz CT molecular complexity index is 613. The normalized spacial score (nSPS) is 17.9. The summed E-state index contributed by atoms with van der Waals surface area (Å²) in [7, 11) is 1.74. The Balaban J connectivity index is 1.81. The Kier molecular flexibility index (Phi) is 7.38. The van der Waals surface area contributed by atoms with Crippen LogP contribution < -0.4 is 10.6 Å². The second kappa shape index (κ2) is 9.30. The minimum atomic E-state index is 0.0385. The third-order valence-electron chi connectivity index (χ3n) is 4.29. The lowest BCUT2D eigenvalue weighted by Gasteiger charge is -2.20. The van der Waals surface area contributed by atoms with Gasteiger partial charge in [-0.25, -0.2) is 0 Å². The molecule has 1 aromatic rings. The number of guanidine groups is 1. The van der Waals surface area contributed by atoms with Crippen molar-refractivity contribution in [1.82, 2.24) is 15.5 Å². The minimum absolute atomic E-state index is 0.0385. The van der Waals surface area contributed by atoms with E-state index in [2.05, 4.69) is 15.6 Å². The van der Waals surface area contributed by atoms with Gasteiger partial charge in [0.05, 0.1) is 0 Å². The molecule has 1 heterocycles. The second-order valence-corrected chi connectivity index (χ2v) is 7.33. The number of carbonyl (C=O) groups excluding carboxylic acids is 1. The number of rotatable bonds is 5. The predicted molar refractivity (Wildman–Crippen MR) is 104 cm³/mol. The van der Waals surface area contributed by atoms with Gasteiger partial charge in [0.1, 0.15) is 0 Å². The molecule has 0 aromatic heterocycles. The van der Waals surface area contributed by atoms with Crippen molar-refractivity contribution in [3.8, 4) is 0 Å². The van der Waals surface area contributed by atoms with Gasteiger partial charge in [-0.05, 0) is 30.5 Å². The van der Waals surface area contributed by atoms with Gasteiger partial charge in [0, 0.05) is 48.7 Å². The van der Waals surface area contributed by atoms with E-state index < -0.39 is 0 Å². The van der Waals surface area contributed by atoms with E-state index in [0.29, 0.717) is 29.6 Å². The van der Waals surface area contributed by atoms with E-state index >= 15 is 0 Å². The lowest BCUT2D eigenvalue weighted by Crippen LogP contribution is -2.45. The van der Waals surface area contributed by atoms with Gasteiger partial charge in [-0.15, -0.1) is 0 Å². The molecule has 0 bridgehead atoms. The van der Waals surface area contributed by atoms with Crippen molar-refractivity contribution in [2.24, 2.45) is 10.9 Å². The summed E-state index contributed by atoms with van der Waals surface area (Å²) in [6, 6.07) is 5.74. The zero-order chi connectivity index (χ0) is 18.4. The van der Waals surface area contributed by atoms with Gasteiger partial charge in [0.2, 0.25) is 5.91 Å². The van der Waals surface area contributed by atoms with Gasteiger partial charge in [-0.1, -0.05) is 43.1 Å². The molecule has 2 N–H and O–H groups in total. The highest BCUT2D eigenvalue weighted by molar-refractivity contribution is 6.36. The fourth-order valence-electron chi connectivity index (χ4n) is 2.91. The highest BCUT2D eigenvalue weighted by Crippen LogP contribution is 2.24. The zero-order valence-electron chi connectivity index (χ0n) is 15.0. The molecule has 0 spiro atoms. The Morgan fingerprint density at radius 3 is 2.64 bits per heavy atom. The van der Waals surface area contributed by atoms with E-state index in [1.165, 1.54) is 0 Å². The molecule has 1 saturated heterocycles. The van der Waals surface area contributed by atoms with Crippen LogP contribution in [0.15, 0.2) is 23.2 Å². The lowest BCUT2D eigenvalue weighted by molar-refractivity contribution is -0.133. The molecule has 0 radical (unpaired) electrons. The number of hydrogen-bond acceptors (Lipinski definition) is 2. The Morgan fingerprint density at radius 2 is 2.04 bits per heavy atom. The molecule has 1 aliphatic heterocycles. The minimum Gasteiger partial charge on any atom is -0.356 e. The number of hydrogen-bond donors (Lipinski definition) is 2. The van der Waals surface area contributed by atoms with Crippen molar-refractivity contribution in [2.45, 2.75) is 32.7 Å². The Morgan fingerprint density at radius 1 is 1.36 bits per heavy atom. The quantitative estimate of drug-likeness (QED) is 0.605. The largest absolute Gasteiger partial charge is 0.356 e. The van der Waals surface area contributed by atoms with Crippen molar-refractivity contribution >= 4 is 35.1 Å². The number of aliphatic imine (C=N–C) groups is 1. The first-order valence-electron chi connectivity index (χ1n) is 8.61. The van der Waals surface area contributed by atoms with Crippen LogP contribution in [0.25, 0.3) is 0 Å². The molecule has 2 rings (SSSR count). The van der Waals surface area contributed by atoms with Crippen LogP contribution in [0.4, 0.5) is 0 Å². The van der Waals surface area contributed by atoms with Crippen LogP contribution in [0.1, 0.15) is 25.8 Å². The van der Waals surface area contributed by atoms with Crippen LogP contribution >= 0.6 is 23.2 Å². The first kappa shape index (κ1) is 19.9. The van der Waals surface area contributed by atoms with Gasteiger partial charge in [0.15, 0.2) is 5.96 Å². The fourth-order valence-corrected chi connectivity index (χ4v) is 3.49. The summed E-state index contributed by atoms with van der Waals surface area (Å²) in [6.07, 6.45) is 1.64. The molecule has 1 aliphatic rings. The van der Waals surface area contributed by atoms with Crippen LogP contribution in [-0.4, -0.2) is 49.5 Å². The van der Waals surface area contributed by atoms with Crippen molar-refractivity contribution < 1.29 is 4.79 Å². The topological polar surface area (TPSA) is 56.7 Å². The van der Waals surface area contributed by atoms with E-state index in [1.54, 1.807) is 7.05 Å². The highest BCUT2D eigenvalue weighted by atomic mass is 35.5. The summed E-state index contributed by atoms with van der Waals surface area (Å²) in [5.41, 5.74) is 0.934. The summed E-state index contributed by atoms with van der Waals surface area (Å²) < 4.78 is 0. The number of nitrogens with one attached hydrogen (secondary N) is 2. The molecule has 1 unspecified atom stereocenters. The summed E-state index contributed by atoms with van der Waals surface area (Å²) in [5.74, 6) is 0.976. The predicted octanol–water partition coefficient (Wildman–Crippen LogP) is 2.96. The Hall–Kier alpha value is -1.46. The smallest absolute Gasteiger partial charge is 0.225 e. The van der Waals surface area contributed by atoms with Crippen molar-refractivity contribution in [2.75, 3.05) is 26.7 Å². The van der Waals surface area contributed by atoms with Crippen LogP contribution in [0.3, 0.4) is 0 Å². The van der Waals surface area contributed by atoms with Crippen LogP contribution in [0.2, 0.25) is 10.0 Å². The molecular formula is C18H26Cl2N4O. The Labute approximate surface area is 159 Å². The summed E-state index contributed by atoms with van der Waals surface area (Å²) >= 11 is 12.4. The molecule has 0 aliphatic carbocycles. The number of benzene rings is 1. The average Bonchev–Trinajstić information content (AvgIpc) is 3.04. The number of nitrogens with zero attached hydrogens (tertiary/aromatic N) is 2. The molecule has 25 heavy (non-hydrogen) atoms. The van der Waals surface area contributed by atoms with E-state index in [9.17, 15) is 4.79 Å². The molecule has 1 aromatic carbocycles. The number of likely N-dealkylation sites (tertiary alicyclic amines) is 1. The third-order valence-corrected chi connectivity index (χ3v) is 5.00. The van der Waals surface area contributed by atoms with Gasteiger partial charge < -0.3 is 15.5 Å². The van der Waals surface area contributed by atoms with Crippen LogP contribution in [0, 0.1) is 5.92 Å². The van der Waals surface area contributed by atoms with E-state index in [1.807, 2.05) is 36.9 Å². The fraction of sp³-hybridized carbons (Fsp3) is 0.556. The molecule has 1 amide bonds. The first-order chi connectivity index (χ1) is 11.9. The number of amides is 1. The SMILES string of the molecule is CN=C(NCCc1c(Cl)cccc1Cl)NC1CCN(C(=O)C(C)C)C1. The molecule has 1 atom stereocenters. The van der Waals surface area contributed by atoms with Crippen molar-refractivity contribution in [3.63, 3.8) is 0 Å². The maximum absolute atomic E-state index is 12.1. The lowest BCUT2D eigenvalue weighted by atomic mass is 10.1.